The normalized spacial score (nSPS) is 17.4. The Morgan fingerprint density at radius 3 is 2.80 bits per heavy atom. The summed E-state index contributed by atoms with van der Waals surface area (Å²) >= 11 is 0. The fraction of sp³-hybridized carbons (Fsp3) is 0.357. The van der Waals surface area contributed by atoms with Crippen molar-refractivity contribution < 1.29 is 18.8 Å². The van der Waals surface area contributed by atoms with Crippen LogP contribution in [-0.2, 0) is 9.59 Å². The minimum Gasteiger partial charge on any atom is -0.353 e. The van der Waals surface area contributed by atoms with Gasteiger partial charge in [0.2, 0.25) is 5.91 Å². The Kier molecular flexibility index (Phi) is 3.00. The molecule has 3 rings (SSSR count). The third-order valence-corrected chi connectivity index (χ3v) is 3.45. The molecule has 20 heavy (non-hydrogen) atoms. The first kappa shape index (κ1) is 12.8. The summed E-state index contributed by atoms with van der Waals surface area (Å²) in [6.45, 7) is 0.0110. The Bertz CT molecular complexity index is 610. The molecule has 2 aliphatic rings. The monoisotopic (exact) mass is 276 g/mol. The number of fused-ring (bicyclic) bond motifs is 1. The third kappa shape index (κ3) is 2.17. The predicted molar refractivity (Wildman–Crippen MR) is 68.9 cm³/mol. The quantitative estimate of drug-likeness (QED) is 0.835. The number of rotatable bonds is 4. The zero-order chi connectivity index (χ0) is 14.3. The lowest BCUT2D eigenvalue weighted by atomic mass is 10.1. The summed E-state index contributed by atoms with van der Waals surface area (Å²) in [4.78, 5) is 36.2. The number of carbonyl (C=O) groups is 3. The molecule has 5 nitrogen and oxygen atoms in total. The first-order valence-corrected chi connectivity index (χ1v) is 6.52. The van der Waals surface area contributed by atoms with Crippen LogP contribution < -0.4 is 10.2 Å². The Morgan fingerprint density at radius 1 is 1.35 bits per heavy atom. The molecule has 0 aromatic heterocycles. The van der Waals surface area contributed by atoms with Crippen LogP contribution in [0.5, 0.6) is 0 Å². The number of Topliss-reactive ketones (excluding diaryl/α,β-unsaturated/α-hetero) is 1. The maximum Gasteiger partial charge on any atom is 0.299 e. The number of para-hydroxylation sites is 1. The SMILES string of the molecule is O=C(CCN1C(=O)C(=O)c2cccc(F)c21)NC1CC1. The van der Waals surface area contributed by atoms with Crippen LogP contribution in [0.25, 0.3) is 0 Å². The highest BCUT2D eigenvalue weighted by Crippen LogP contribution is 2.31. The van der Waals surface area contributed by atoms with Crippen LogP contribution in [-0.4, -0.2) is 30.2 Å². The molecular weight excluding hydrogens is 263 g/mol. The van der Waals surface area contributed by atoms with Gasteiger partial charge in [0.05, 0.1) is 11.3 Å². The van der Waals surface area contributed by atoms with Crippen molar-refractivity contribution in [2.75, 3.05) is 11.4 Å². The van der Waals surface area contributed by atoms with E-state index in [1.54, 1.807) is 0 Å². The molecule has 1 N–H and O–H groups in total. The molecule has 0 bridgehead atoms. The summed E-state index contributed by atoms with van der Waals surface area (Å²) in [5, 5.41) is 2.79. The van der Waals surface area contributed by atoms with Crippen molar-refractivity contribution in [2.45, 2.75) is 25.3 Å². The van der Waals surface area contributed by atoms with Gasteiger partial charge in [-0.05, 0) is 25.0 Å². The highest BCUT2D eigenvalue weighted by molar-refractivity contribution is 6.52. The maximum atomic E-state index is 13.8. The van der Waals surface area contributed by atoms with Crippen LogP contribution in [0.1, 0.15) is 29.6 Å². The van der Waals surface area contributed by atoms with Crippen LogP contribution in [0.4, 0.5) is 10.1 Å². The largest absolute Gasteiger partial charge is 0.353 e. The molecule has 1 saturated carbocycles. The Balaban J connectivity index is 1.75. The highest BCUT2D eigenvalue weighted by atomic mass is 19.1. The molecule has 104 valence electrons. The molecule has 1 aliphatic carbocycles. The van der Waals surface area contributed by atoms with E-state index in [1.807, 2.05) is 0 Å². The van der Waals surface area contributed by atoms with Crippen LogP contribution >= 0.6 is 0 Å². The zero-order valence-corrected chi connectivity index (χ0v) is 10.7. The molecule has 1 aromatic carbocycles. The number of nitrogens with zero attached hydrogens (tertiary/aromatic N) is 1. The summed E-state index contributed by atoms with van der Waals surface area (Å²) in [7, 11) is 0. The summed E-state index contributed by atoms with van der Waals surface area (Å²) in [5.74, 6) is -2.30. The minimum atomic E-state index is -0.774. The summed E-state index contributed by atoms with van der Waals surface area (Å²) in [5.41, 5.74) is 0.0549. The number of hydrogen-bond acceptors (Lipinski definition) is 3. The van der Waals surface area contributed by atoms with Crippen molar-refractivity contribution >= 4 is 23.3 Å². The van der Waals surface area contributed by atoms with Crippen molar-refractivity contribution in [1.82, 2.24) is 5.32 Å². The van der Waals surface area contributed by atoms with Gasteiger partial charge >= 0.3 is 0 Å². The average molecular weight is 276 g/mol. The predicted octanol–water partition coefficient (Wildman–Crippen LogP) is 1.02. The van der Waals surface area contributed by atoms with E-state index >= 15 is 0 Å². The molecule has 0 radical (unpaired) electrons. The van der Waals surface area contributed by atoms with Crippen molar-refractivity contribution in [3.63, 3.8) is 0 Å². The number of nitrogens with one attached hydrogen (secondary N) is 1. The standard InChI is InChI=1S/C14H13FN2O3/c15-10-3-1-2-9-12(10)17(14(20)13(9)19)7-6-11(18)16-8-4-5-8/h1-3,8H,4-7H2,(H,16,18). The zero-order valence-electron chi connectivity index (χ0n) is 10.7. The number of anilines is 1. The molecule has 6 heteroatoms. The van der Waals surface area contributed by atoms with Gasteiger partial charge < -0.3 is 10.2 Å². The van der Waals surface area contributed by atoms with E-state index < -0.39 is 17.5 Å². The molecule has 2 amide bonds. The van der Waals surface area contributed by atoms with Crippen molar-refractivity contribution in [1.29, 1.82) is 0 Å². The first-order valence-electron chi connectivity index (χ1n) is 6.52. The molecule has 0 atom stereocenters. The Labute approximate surface area is 114 Å². The number of hydrogen-bond donors (Lipinski definition) is 1. The molecule has 1 aliphatic heterocycles. The molecule has 1 fully saturated rings. The lowest BCUT2D eigenvalue weighted by Crippen LogP contribution is -2.35. The second-order valence-electron chi connectivity index (χ2n) is 5.01. The second kappa shape index (κ2) is 4.70. The van der Waals surface area contributed by atoms with Gasteiger partial charge in [0.1, 0.15) is 5.82 Å². The van der Waals surface area contributed by atoms with Crippen LogP contribution in [0.2, 0.25) is 0 Å². The van der Waals surface area contributed by atoms with E-state index in [1.165, 1.54) is 18.2 Å². The van der Waals surface area contributed by atoms with Crippen LogP contribution in [0.15, 0.2) is 18.2 Å². The van der Waals surface area contributed by atoms with Gasteiger partial charge in [0, 0.05) is 19.0 Å². The van der Waals surface area contributed by atoms with Gasteiger partial charge in [-0.15, -0.1) is 0 Å². The number of ketones is 1. The molecule has 0 saturated heterocycles. The molecule has 1 heterocycles. The van der Waals surface area contributed by atoms with Crippen LogP contribution in [0, 0.1) is 5.82 Å². The van der Waals surface area contributed by atoms with Crippen molar-refractivity contribution in [2.24, 2.45) is 0 Å². The summed E-state index contributed by atoms with van der Waals surface area (Å²) in [6, 6.07) is 4.25. The van der Waals surface area contributed by atoms with Gasteiger partial charge in [-0.25, -0.2) is 4.39 Å². The number of halogens is 1. The van der Waals surface area contributed by atoms with Crippen LogP contribution in [0.3, 0.4) is 0 Å². The Morgan fingerprint density at radius 2 is 2.10 bits per heavy atom. The van der Waals surface area contributed by atoms with Crippen molar-refractivity contribution in [3.05, 3.63) is 29.6 Å². The number of carbonyl (C=O) groups excluding carboxylic acids is 3. The molecule has 1 aromatic rings. The fourth-order valence-electron chi connectivity index (χ4n) is 2.27. The average Bonchev–Trinajstić information content (AvgIpc) is 3.18. The van der Waals surface area contributed by atoms with E-state index in [0.29, 0.717) is 0 Å². The third-order valence-electron chi connectivity index (χ3n) is 3.45. The lowest BCUT2D eigenvalue weighted by Gasteiger charge is -2.16. The van der Waals surface area contributed by atoms with Crippen molar-refractivity contribution in [3.8, 4) is 0 Å². The number of benzene rings is 1. The van der Waals surface area contributed by atoms with Gasteiger partial charge in [0.15, 0.2) is 0 Å². The smallest absolute Gasteiger partial charge is 0.299 e. The summed E-state index contributed by atoms with van der Waals surface area (Å²) < 4.78 is 13.8. The van der Waals surface area contributed by atoms with E-state index in [4.69, 9.17) is 0 Å². The molecule has 0 spiro atoms. The fourth-order valence-corrected chi connectivity index (χ4v) is 2.27. The summed E-state index contributed by atoms with van der Waals surface area (Å²) in [6.07, 6.45) is 2.01. The van der Waals surface area contributed by atoms with E-state index in [9.17, 15) is 18.8 Å². The van der Waals surface area contributed by atoms with Gasteiger partial charge in [-0.1, -0.05) is 6.07 Å². The number of amides is 2. The highest BCUT2D eigenvalue weighted by Gasteiger charge is 2.38. The first-order chi connectivity index (χ1) is 9.58. The lowest BCUT2D eigenvalue weighted by molar-refractivity contribution is -0.121. The molecular formula is C14H13FN2O3. The molecule has 0 unspecified atom stereocenters. The topological polar surface area (TPSA) is 66.5 Å². The Hall–Kier alpha value is -2.24. The van der Waals surface area contributed by atoms with Gasteiger partial charge in [0.25, 0.3) is 11.7 Å². The van der Waals surface area contributed by atoms with E-state index in [-0.39, 0.29) is 36.2 Å². The second-order valence-corrected chi connectivity index (χ2v) is 5.01. The maximum absolute atomic E-state index is 13.8. The van der Waals surface area contributed by atoms with E-state index in [0.717, 1.165) is 17.7 Å². The van der Waals surface area contributed by atoms with E-state index in [2.05, 4.69) is 5.32 Å². The van der Waals surface area contributed by atoms with Gasteiger partial charge in [-0.3, -0.25) is 14.4 Å². The minimum absolute atomic E-state index is 0.0110. The van der Waals surface area contributed by atoms with Gasteiger partial charge in [-0.2, -0.15) is 0 Å².